The fourth-order valence-corrected chi connectivity index (χ4v) is 4.49. The largest absolute Gasteiger partial charge is 0.374 e. The molecule has 0 radical (unpaired) electrons. The van der Waals surface area contributed by atoms with E-state index in [-0.39, 0.29) is 11.4 Å². The van der Waals surface area contributed by atoms with Gasteiger partial charge in [-0.15, -0.1) is 0 Å². The lowest BCUT2D eigenvalue weighted by atomic mass is 9.82. The highest BCUT2D eigenvalue weighted by Gasteiger charge is 2.42. The van der Waals surface area contributed by atoms with Crippen molar-refractivity contribution in [3.63, 3.8) is 0 Å². The van der Waals surface area contributed by atoms with Crippen LogP contribution in [0.15, 0.2) is 30.3 Å². The van der Waals surface area contributed by atoms with Crippen LogP contribution in [0.5, 0.6) is 0 Å². The molecular formula is C27H45NO2. The molecule has 1 aliphatic heterocycles. The minimum absolute atomic E-state index is 0.108. The van der Waals surface area contributed by atoms with Gasteiger partial charge in [-0.3, -0.25) is 4.79 Å². The standard InChI is InChI=1S/C27H45NO2/c1-2-3-4-5-6-7-8-9-10-11-12-13-14-18-21-27(22-26(29)28-27)24-30-23-25-19-16-15-17-20-25/h15-17,19-20H,2-14,18,21-24H2,1H3,(H,28,29)/t27-/m1/s1. The highest BCUT2D eigenvalue weighted by Crippen LogP contribution is 2.28. The molecule has 0 spiro atoms. The van der Waals surface area contributed by atoms with E-state index in [2.05, 4.69) is 24.4 Å². The summed E-state index contributed by atoms with van der Waals surface area (Å²) in [6.45, 7) is 3.54. The van der Waals surface area contributed by atoms with E-state index in [1.54, 1.807) is 0 Å². The summed E-state index contributed by atoms with van der Waals surface area (Å²) in [5.74, 6) is 0.170. The molecule has 30 heavy (non-hydrogen) atoms. The number of benzene rings is 1. The number of ether oxygens (including phenoxy) is 1. The molecule has 1 aromatic carbocycles. The lowest BCUT2D eigenvalue weighted by Gasteiger charge is -2.42. The zero-order chi connectivity index (χ0) is 21.3. The molecule has 1 atom stereocenters. The van der Waals surface area contributed by atoms with Crippen molar-refractivity contribution in [1.82, 2.24) is 5.32 Å². The molecule has 0 bridgehead atoms. The third-order valence-electron chi connectivity index (χ3n) is 6.40. The Kier molecular flexibility index (Phi) is 12.8. The highest BCUT2D eigenvalue weighted by atomic mass is 16.5. The SMILES string of the molecule is CCCCCCCCCCCCCCCC[C@]1(COCc2ccccc2)CC(=O)N1. The number of hydrogen-bond acceptors (Lipinski definition) is 2. The van der Waals surface area contributed by atoms with E-state index in [9.17, 15) is 4.79 Å². The van der Waals surface area contributed by atoms with E-state index in [1.807, 2.05) is 18.2 Å². The summed E-state index contributed by atoms with van der Waals surface area (Å²) >= 11 is 0. The molecule has 1 heterocycles. The molecule has 0 unspecified atom stereocenters. The fourth-order valence-electron chi connectivity index (χ4n) is 4.49. The molecule has 0 saturated carbocycles. The lowest BCUT2D eigenvalue weighted by molar-refractivity contribution is -0.136. The van der Waals surface area contributed by atoms with Gasteiger partial charge in [-0.05, 0) is 12.0 Å². The van der Waals surface area contributed by atoms with Crippen molar-refractivity contribution < 1.29 is 9.53 Å². The van der Waals surface area contributed by atoms with Crippen molar-refractivity contribution in [3.05, 3.63) is 35.9 Å². The van der Waals surface area contributed by atoms with Crippen molar-refractivity contribution >= 4 is 5.91 Å². The number of hydrogen-bond donors (Lipinski definition) is 1. The van der Waals surface area contributed by atoms with Gasteiger partial charge in [0.25, 0.3) is 0 Å². The van der Waals surface area contributed by atoms with Gasteiger partial charge in [0.05, 0.1) is 25.2 Å². The van der Waals surface area contributed by atoms with Gasteiger partial charge < -0.3 is 10.1 Å². The smallest absolute Gasteiger partial charge is 0.222 e. The van der Waals surface area contributed by atoms with E-state index in [1.165, 1.54) is 95.5 Å². The second kappa shape index (κ2) is 15.5. The maximum Gasteiger partial charge on any atom is 0.222 e. The topological polar surface area (TPSA) is 38.3 Å². The first-order chi connectivity index (χ1) is 14.7. The second-order valence-electron chi connectivity index (χ2n) is 9.33. The van der Waals surface area contributed by atoms with Crippen LogP contribution in [0.25, 0.3) is 0 Å². The lowest BCUT2D eigenvalue weighted by Crippen LogP contribution is -2.63. The van der Waals surface area contributed by atoms with Crippen molar-refractivity contribution in [2.24, 2.45) is 0 Å². The van der Waals surface area contributed by atoms with Crippen LogP contribution in [-0.4, -0.2) is 18.1 Å². The summed E-state index contributed by atoms with van der Waals surface area (Å²) < 4.78 is 5.93. The zero-order valence-electron chi connectivity index (χ0n) is 19.4. The number of amides is 1. The number of rotatable bonds is 19. The third-order valence-corrected chi connectivity index (χ3v) is 6.40. The van der Waals surface area contributed by atoms with Gasteiger partial charge in [0.15, 0.2) is 0 Å². The van der Waals surface area contributed by atoms with Crippen LogP contribution in [0.1, 0.15) is 115 Å². The number of nitrogens with one attached hydrogen (secondary N) is 1. The first-order valence-electron chi connectivity index (χ1n) is 12.7. The summed E-state index contributed by atoms with van der Waals surface area (Å²) in [5, 5.41) is 3.13. The van der Waals surface area contributed by atoms with Crippen LogP contribution < -0.4 is 5.32 Å². The Hall–Kier alpha value is -1.35. The molecule has 1 saturated heterocycles. The summed E-state index contributed by atoms with van der Waals surface area (Å²) in [5.41, 5.74) is 1.08. The average Bonchev–Trinajstić information content (AvgIpc) is 2.73. The molecule has 1 aromatic rings. The molecule has 170 valence electrons. The first kappa shape index (κ1) is 24.9. The maximum atomic E-state index is 11.5. The van der Waals surface area contributed by atoms with Crippen molar-refractivity contribution in [2.45, 2.75) is 122 Å². The number of unbranched alkanes of at least 4 members (excludes halogenated alkanes) is 13. The maximum absolute atomic E-state index is 11.5. The third kappa shape index (κ3) is 10.6. The van der Waals surface area contributed by atoms with Crippen LogP contribution in [0.2, 0.25) is 0 Å². The Balaban J connectivity index is 1.42. The second-order valence-corrected chi connectivity index (χ2v) is 9.33. The van der Waals surface area contributed by atoms with E-state index in [4.69, 9.17) is 4.74 Å². The molecule has 0 aliphatic carbocycles. The molecule has 0 aromatic heterocycles. The quantitative estimate of drug-likeness (QED) is 0.190. The van der Waals surface area contributed by atoms with Crippen LogP contribution in [0, 0.1) is 0 Å². The van der Waals surface area contributed by atoms with E-state index in [0.717, 1.165) is 6.42 Å². The molecule has 1 amide bonds. The summed E-state index contributed by atoms with van der Waals surface area (Å²) in [4.78, 5) is 11.5. The monoisotopic (exact) mass is 415 g/mol. The summed E-state index contributed by atoms with van der Waals surface area (Å²) in [7, 11) is 0. The Morgan fingerprint density at radius 1 is 0.800 bits per heavy atom. The molecule has 2 rings (SSSR count). The number of carbonyl (C=O) groups excluding carboxylic acids is 1. The van der Waals surface area contributed by atoms with Gasteiger partial charge >= 0.3 is 0 Å². The number of β-lactam (4-membered cyclic amide) rings is 1. The van der Waals surface area contributed by atoms with Gasteiger partial charge in [0.1, 0.15) is 0 Å². The van der Waals surface area contributed by atoms with Crippen molar-refractivity contribution in [3.8, 4) is 0 Å². The van der Waals surface area contributed by atoms with Crippen LogP contribution in [0.4, 0.5) is 0 Å². The number of carbonyl (C=O) groups is 1. The predicted molar refractivity (Wildman–Crippen MR) is 127 cm³/mol. The van der Waals surface area contributed by atoms with Crippen molar-refractivity contribution in [1.29, 1.82) is 0 Å². The molecular weight excluding hydrogens is 370 g/mol. The van der Waals surface area contributed by atoms with E-state index < -0.39 is 0 Å². The molecule has 1 aliphatic rings. The Labute approximate surface area is 185 Å². The minimum atomic E-state index is -0.108. The van der Waals surface area contributed by atoms with Crippen LogP contribution in [-0.2, 0) is 16.1 Å². The van der Waals surface area contributed by atoms with E-state index in [0.29, 0.717) is 19.6 Å². The van der Waals surface area contributed by atoms with Crippen molar-refractivity contribution in [2.75, 3.05) is 6.61 Å². The highest BCUT2D eigenvalue weighted by molar-refractivity contribution is 5.84. The molecule has 1 fully saturated rings. The molecule has 3 heteroatoms. The first-order valence-corrected chi connectivity index (χ1v) is 12.7. The zero-order valence-corrected chi connectivity index (χ0v) is 19.4. The van der Waals surface area contributed by atoms with Gasteiger partial charge in [0.2, 0.25) is 5.91 Å². The minimum Gasteiger partial charge on any atom is -0.374 e. The summed E-state index contributed by atoms with van der Waals surface area (Å²) in [6.07, 6.45) is 21.0. The molecule has 3 nitrogen and oxygen atoms in total. The van der Waals surface area contributed by atoms with E-state index >= 15 is 0 Å². The Morgan fingerprint density at radius 3 is 1.80 bits per heavy atom. The van der Waals surface area contributed by atoms with Gasteiger partial charge in [-0.25, -0.2) is 0 Å². The van der Waals surface area contributed by atoms with Crippen LogP contribution in [0.3, 0.4) is 0 Å². The predicted octanol–water partition coefficient (Wildman–Crippen LogP) is 7.33. The molecule has 1 N–H and O–H groups in total. The Bertz CT molecular complexity index is 549. The average molecular weight is 416 g/mol. The Morgan fingerprint density at radius 2 is 1.30 bits per heavy atom. The van der Waals surface area contributed by atoms with Gasteiger partial charge in [-0.2, -0.15) is 0 Å². The van der Waals surface area contributed by atoms with Gasteiger partial charge in [-0.1, -0.05) is 127 Å². The summed E-state index contributed by atoms with van der Waals surface area (Å²) in [6, 6.07) is 10.3. The fraction of sp³-hybridized carbons (Fsp3) is 0.741. The normalized spacial score (nSPS) is 18.2. The van der Waals surface area contributed by atoms with Gasteiger partial charge in [0, 0.05) is 0 Å². The van der Waals surface area contributed by atoms with Crippen LogP contribution >= 0.6 is 0 Å².